The monoisotopic (exact) mass is 521 g/mol. The Labute approximate surface area is 221 Å². The molecule has 12 heteroatoms. The van der Waals surface area contributed by atoms with Crippen molar-refractivity contribution in [3.8, 4) is 17.1 Å². The largest absolute Gasteiger partial charge is 0.489 e. The van der Waals surface area contributed by atoms with Crippen molar-refractivity contribution in [1.29, 1.82) is 0 Å². The number of aliphatic carboxylic acids is 1. The fraction of sp³-hybridized carbons (Fsp3) is 0.654. The summed E-state index contributed by atoms with van der Waals surface area (Å²) in [5, 5.41) is 31.5. The summed E-state index contributed by atoms with van der Waals surface area (Å²) in [6, 6.07) is 3.82. The van der Waals surface area contributed by atoms with Crippen molar-refractivity contribution in [2.45, 2.75) is 77.5 Å². The quantitative estimate of drug-likeness (QED) is 0.401. The van der Waals surface area contributed by atoms with E-state index in [2.05, 4.69) is 30.6 Å². The van der Waals surface area contributed by atoms with Gasteiger partial charge in [-0.3, -0.25) is 4.79 Å². The number of nitrogens with zero attached hydrogens (tertiary/aromatic N) is 9. The summed E-state index contributed by atoms with van der Waals surface area (Å²) in [5.41, 5.74) is 3.12. The van der Waals surface area contributed by atoms with Gasteiger partial charge in [-0.2, -0.15) is 4.80 Å². The molecule has 3 aromatic rings. The molecule has 202 valence electrons. The first kappa shape index (κ1) is 24.7. The molecule has 12 nitrogen and oxygen atoms in total. The fourth-order valence-corrected chi connectivity index (χ4v) is 5.19. The molecular formula is C26H35N9O3. The molecule has 0 spiro atoms. The van der Waals surface area contributed by atoms with E-state index in [0.29, 0.717) is 42.9 Å². The van der Waals surface area contributed by atoms with Crippen LogP contribution in [-0.4, -0.2) is 63.9 Å². The predicted octanol–water partition coefficient (Wildman–Crippen LogP) is 3.02. The van der Waals surface area contributed by atoms with E-state index in [0.717, 1.165) is 48.7 Å². The van der Waals surface area contributed by atoms with Crippen LogP contribution in [0, 0.1) is 24.7 Å². The number of aromatic nitrogens is 8. The van der Waals surface area contributed by atoms with Crippen molar-refractivity contribution in [3.63, 3.8) is 0 Å². The summed E-state index contributed by atoms with van der Waals surface area (Å²) in [7, 11) is 1.89. The maximum atomic E-state index is 11.4. The lowest BCUT2D eigenvalue weighted by Crippen LogP contribution is -2.29. The van der Waals surface area contributed by atoms with Crippen LogP contribution in [0.5, 0.6) is 5.75 Å². The topological polar surface area (TPSA) is 137 Å². The van der Waals surface area contributed by atoms with Crippen LogP contribution in [-0.2, 0) is 24.9 Å². The summed E-state index contributed by atoms with van der Waals surface area (Å²) < 4.78 is 7.99. The summed E-state index contributed by atoms with van der Waals surface area (Å²) in [6.07, 6.45) is 7.77. The van der Waals surface area contributed by atoms with E-state index < -0.39 is 5.97 Å². The van der Waals surface area contributed by atoms with Crippen LogP contribution < -0.4 is 9.64 Å². The predicted molar refractivity (Wildman–Crippen MR) is 137 cm³/mol. The minimum Gasteiger partial charge on any atom is -0.489 e. The van der Waals surface area contributed by atoms with Crippen LogP contribution in [0.15, 0.2) is 12.1 Å². The van der Waals surface area contributed by atoms with Gasteiger partial charge >= 0.3 is 5.97 Å². The average molecular weight is 522 g/mol. The van der Waals surface area contributed by atoms with Crippen molar-refractivity contribution in [2.75, 3.05) is 11.4 Å². The molecule has 3 aliphatic rings. The molecule has 38 heavy (non-hydrogen) atoms. The van der Waals surface area contributed by atoms with E-state index in [-0.39, 0.29) is 12.0 Å². The highest BCUT2D eigenvalue weighted by Gasteiger charge is 2.30. The number of ether oxygens (including phenoxy) is 1. The molecule has 3 saturated carbocycles. The van der Waals surface area contributed by atoms with E-state index in [1.165, 1.54) is 25.7 Å². The van der Waals surface area contributed by atoms with E-state index in [4.69, 9.17) is 9.72 Å². The van der Waals surface area contributed by atoms with Crippen LogP contribution in [0.3, 0.4) is 0 Å². The molecule has 0 aromatic carbocycles. The molecule has 3 aromatic heterocycles. The van der Waals surface area contributed by atoms with Crippen molar-refractivity contribution in [3.05, 3.63) is 23.5 Å². The number of anilines is 1. The Morgan fingerprint density at radius 1 is 1.11 bits per heavy atom. The number of rotatable bonds is 11. The Morgan fingerprint density at radius 3 is 2.66 bits per heavy atom. The van der Waals surface area contributed by atoms with Crippen LogP contribution in [0.25, 0.3) is 11.4 Å². The molecule has 3 fully saturated rings. The van der Waals surface area contributed by atoms with Gasteiger partial charge in [0.15, 0.2) is 0 Å². The maximum Gasteiger partial charge on any atom is 0.306 e. The molecule has 0 radical (unpaired) electrons. The van der Waals surface area contributed by atoms with Crippen LogP contribution in [0.4, 0.5) is 5.95 Å². The Morgan fingerprint density at radius 2 is 1.92 bits per heavy atom. The normalized spacial score (nSPS) is 21.4. The molecule has 6 rings (SSSR count). The zero-order valence-electron chi connectivity index (χ0n) is 22.0. The fourth-order valence-electron chi connectivity index (χ4n) is 5.19. The third-order valence-electron chi connectivity index (χ3n) is 7.85. The van der Waals surface area contributed by atoms with Gasteiger partial charge in [0.1, 0.15) is 11.4 Å². The molecule has 3 aliphatic carbocycles. The Kier molecular flexibility index (Phi) is 6.71. The van der Waals surface area contributed by atoms with Crippen molar-refractivity contribution in [1.82, 2.24) is 40.2 Å². The number of hydrogen-bond donors (Lipinski definition) is 1. The molecule has 2 atom stereocenters. The average Bonchev–Trinajstić information content (AvgIpc) is 3.82. The highest BCUT2D eigenvalue weighted by Crippen LogP contribution is 2.34. The van der Waals surface area contributed by atoms with Gasteiger partial charge in [-0.05, 0) is 87.5 Å². The molecule has 0 aliphatic heterocycles. The van der Waals surface area contributed by atoms with Crippen LogP contribution in [0.1, 0.15) is 62.8 Å². The van der Waals surface area contributed by atoms with Gasteiger partial charge in [0.25, 0.3) is 5.95 Å². The number of carbonyl (C=O) groups is 1. The first-order valence-electron chi connectivity index (χ1n) is 13.7. The Hall–Kier alpha value is -3.57. The van der Waals surface area contributed by atoms with Crippen LogP contribution in [0.2, 0.25) is 0 Å². The number of aryl methyl sites for hydroxylation is 2. The number of hydrogen-bond acceptors (Lipinski definition) is 9. The Balaban J connectivity index is 1.20. The van der Waals surface area contributed by atoms with Gasteiger partial charge < -0.3 is 14.7 Å². The minimum absolute atomic E-state index is 0.111. The lowest BCUT2D eigenvalue weighted by atomic mass is 9.87. The van der Waals surface area contributed by atoms with Gasteiger partial charge in [0, 0.05) is 13.6 Å². The molecule has 0 bridgehead atoms. The molecule has 0 unspecified atom stereocenters. The van der Waals surface area contributed by atoms with Crippen molar-refractivity contribution < 1.29 is 14.6 Å². The van der Waals surface area contributed by atoms with E-state index in [9.17, 15) is 9.90 Å². The molecule has 3 heterocycles. The second-order valence-electron chi connectivity index (χ2n) is 11.1. The number of pyridine rings is 1. The molecule has 1 N–H and O–H groups in total. The highest BCUT2D eigenvalue weighted by atomic mass is 16.5. The minimum atomic E-state index is -0.741. The summed E-state index contributed by atoms with van der Waals surface area (Å²) in [4.78, 5) is 20.2. The van der Waals surface area contributed by atoms with E-state index >= 15 is 0 Å². The van der Waals surface area contributed by atoms with E-state index in [1.807, 2.05) is 26.1 Å². The first-order valence-corrected chi connectivity index (χ1v) is 13.7. The number of carboxylic acid groups (broad SMARTS) is 1. The van der Waals surface area contributed by atoms with Gasteiger partial charge in [-0.25, -0.2) is 9.67 Å². The third-order valence-corrected chi connectivity index (χ3v) is 7.85. The maximum absolute atomic E-state index is 11.4. The van der Waals surface area contributed by atoms with Gasteiger partial charge in [0.2, 0.25) is 0 Å². The smallest absolute Gasteiger partial charge is 0.306 e. The van der Waals surface area contributed by atoms with Crippen molar-refractivity contribution in [2.24, 2.45) is 24.8 Å². The lowest BCUT2D eigenvalue weighted by Gasteiger charge is -2.27. The summed E-state index contributed by atoms with van der Waals surface area (Å²) >= 11 is 0. The lowest BCUT2D eigenvalue weighted by molar-refractivity contribution is -0.143. The SMILES string of the molecule is Cc1nc(-c2nnn(C)c2CN(CC2CC2)c2nnn(CC3CC3)n2)ccc1O[C@H]1CCC[C@H](C(=O)O)C1. The van der Waals surface area contributed by atoms with Crippen molar-refractivity contribution >= 4 is 11.9 Å². The Bertz CT molecular complexity index is 1300. The second kappa shape index (κ2) is 10.3. The first-order chi connectivity index (χ1) is 18.4. The molecule has 0 amide bonds. The summed E-state index contributed by atoms with van der Waals surface area (Å²) in [6.45, 7) is 4.17. The zero-order valence-corrected chi connectivity index (χ0v) is 22.0. The standard InChI is InChI=1S/C26H35N9O3/c1-16-23(38-20-5-3-4-19(12-20)25(36)37)11-10-21(27-16)24-22(33(2)31-28-24)15-34(13-17-6-7-17)26-29-32-35(30-26)14-18-8-9-18/h10-11,17-20H,3-9,12-15H2,1-2H3,(H,36,37)/t19-,20-/m0/s1. The molecular weight excluding hydrogens is 486 g/mol. The van der Waals surface area contributed by atoms with Gasteiger partial charge in [-0.15, -0.1) is 10.2 Å². The number of tetrazole rings is 1. The van der Waals surface area contributed by atoms with Crippen LogP contribution >= 0.6 is 0 Å². The highest BCUT2D eigenvalue weighted by molar-refractivity contribution is 5.70. The van der Waals surface area contributed by atoms with E-state index in [1.54, 1.807) is 9.48 Å². The zero-order chi connectivity index (χ0) is 26.2. The summed E-state index contributed by atoms with van der Waals surface area (Å²) in [5.74, 6) is 1.57. The van der Waals surface area contributed by atoms with Gasteiger partial charge in [0.05, 0.1) is 42.2 Å². The second-order valence-corrected chi connectivity index (χ2v) is 11.1. The molecule has 0 saturated heterocycles. The number of carboxylic acids is 1. The van der Waals surface area contributed by atoms with Gasteiger partial charge in [-0.1, -0.05) is 10.3 Å². The third kappa shape index (κ3) is 5.63.